The van der Waals surface area contributed by atoms with Gasteiger partial charge in [0.15, 0.2) is 0 Å². The Hall–Kier alpha value is -4.74. The monoisotopic (exact) mass is 849 g/mol. The Labute approximate surface area is 307 Å². The quantitative estimate of drug-likeness (QED) is 0.128. The summed E-state index contributed by atoms with van der Waals surface area (Å²) in [5.74, 6) is -0.271. The van der Waals surface area contributed by atoms with Crippen molar-refractivity contribution in [2.75, 3.05) is 0 Å². The van der Waals surface area contributed by atoms with E-state index in [1.54, 1.807) is 6.07 Å². The van der Waals surface area contributed by atoms with Crippen LogP contribution in [0.2, 0.25) is 19.6 Å². The molecule has 3 nitrogen and oxygen atoms in total. The van der Waals surface area contributed by atoms with Gasteiger partial charge in [-0.15, -0.1) is 48.0 Å². The molecule has 0 unspecified atom stereocenters. The van der Waals surface area contributed by atoms with Gasteiger partial charge in [-0.25, -0.2) is 0 Å². The first-order valence-corrected chi connectivity index (χ1v) is 20.0. The molecular formula is C44H37FIrN2OSi-2. The van der Waals surface area contributed by atoms with Gasteiger partial charge in [-0.05, 0) is 50.6 Å². The minimum atomic E-state index is -1.30. The summed E-state index contributed by atoms with van der Waals surface area (Å²) in [6.45, 7) is 11.4. The predicted molar refractivity (Wildman–Crippen MR) is 203 cm³/mol. The minimum Gasteiger partial charge on any atom is -0.501 e. The van der Waals surface area contributed by atoms with Crippen LogP contribution < -0.4 is 5.19 Å². The molecule has 0 N–H and O–H groups in total. The Morgan fingerprint density at radius 3 is 2.22 bits per heavy atom. The van der Waals surface area contributed by atoms with E-state index in [9.17, 15) is 4.39 Å². The summed E-state index contributed by atoms with van der Waals surface area (Å²) in [4.78, 5) is 9.13. The molecule has 8 rings (SSSR count). The maximum absolute atomic E-state index is 12.8. The van der Waals surface area contributed by atoms with E-state index in [0.29, 0.717) is 0 Å². The first kappa shape index (κ1) is 35.1. The Kier molecular flexibility index (Phi) is 10.00. The number of halogens is 1. The number of furan rings is 1. The van der Waals surface area contributed by atoms with Gasteiger partial charge in [-0.3, -0.25) is 4.39 Å². The fraction of sp³-hybridized carbons (Fsp3) is 0.136. The van der Waals surface area contributed by atoms with E-state index in [0.717, 1.165) is 44.5 Å². The summed E-state index contributed by atoms with van der Waals surface area (Å²) in [5.41, 5.74) is 7.50. The summed E-state index contributed by atoms with van der Waals surface area (Å²) < 4.78 is 19.2. The summed E-state index contributed by atoms with van der Waals surface area (Å²) in [6.07, 6.45) is 3.82. The molecule has 5 aromatic carbocycles. The van der Waals surface area contributed by atoms with Crippen molar-refractivity contribution in [3.63, 3.8) is 0 Å². The third-order valence-electron chi connectivity index (χ3n) is 9.23. The van der Waals surface area contributed by atoms with E-state index in [1.165, 1.54) is 39.2 Å². The first-order chi connectivity index (χ1) is 23.6. The van der Waals surface area contributed by atoms with Crippen molar-refractivity contribution in [2.24, 2.45) is 0 Å². The molecule has 3 aromatic heterocycles. The number of benzene rings is 5. The van der Waals surface area contributed by atoms with Gasteiger partial charge < -0.3 is 14.4 Å². The Bertz CT molecular complexity index is 2400. The maximum Gasteiger partial charge on any atom is 0.121 e. The number of hydrogen-bond acceptors (Lipinski definition) is 3. The molecule has 251 valence electrons. The zero-order chi connectivity index (χ0) is 34.2. The van der Waals surface area contributed by atoms with E-state index in [-0.39, 0.29) is 31.3 Å². The molecule has 0 fully saturated rings. The van der Waals surface area contributed by atoms with Crippen LogP contribution in [0.15, 0.2) is 138 Å². The van der Waals surface area contributed by atoms with Gasteiger partial charge in [0, 0.05) is 49.1 Å². The number of fused-ring (bicyclic) bond motifs is 5. The first-order valence-electron chi connectivity index (χ1n) is 16.5. The Morgan fingerprint density at radius 1 is 0.720 bits per heavy atom. The largest absolute Gasteiger partial charge is 0.501 e. The van der Waals surface area contributed by atoms with Crippen LogP contribution >= 0.6 is 0 Å². The van der Waals surface area contributed by atoms with E-state index in [1.807, 2.05) is 24.5 Å². The van der Waals surface area contributed by atoms with Gasteiger partial charge in [0.2, 0.25) is 0 Å². The molecule has 0 aliphatic rings. The zero-order valence-corrected chi connectivity index (χ0v) is 32.1. The standard InChI is InChI=1S/C30H22NO.C14H15FNSi.Ir/c1-30(2,21-10-4-3-5-11-21)22-17-18-31-26(19-22)24-13-8-14-25-28-23-12-7-6-9-20(23)15-16-27(28)32-29(24)25;1-17(2,3)13-8-9-14(16-10-13)11-4-6-12(15)7-5-11;/h3-12,14-19H,1-2H3;4,6-10H,1-3H3;/q2*-1;. The fourth-order valence-corrected chi connectivity index (χ4v) is 7.28. The van der Waals surface area contributed by atoms with E-state index in [4.69, 9.17) is 9.40 Å². The third kappa shape index (κ3) is 6.97. The molecule has 0 amide bonds. The van der Waals surface area contributed by atoms with Gasteiger partial charge in [-0.2, -0.15) is 0 Å². The second kappa shape index (κ2) is 14.2. The molecule has 0 aliphatic heterocycles. The van der Waals surface area contributed by atoms with Crippen molar-refractivity contribution in [1.29, 1.82) is 0 Å². The van der Waals surface area contributed by atoms with Crippen LogP contribution in [-0.4, -0.2) is 18.0 Å². The molecule has 3 heterocycles. The number of hydrogen-bond donors (Lipinski definition) is 0. The topological polar surface area (TPSA) is 38.9 Å². The summed E-state index contributed by atoms with van der Waals surface area (Å²) in [5, 5.41) is 5.98. The van der Waals surface area contributed by atoms with Gasteiger partial charge in [0.1, 0.15) is 5.58 Å². The van der Waals surface area contributed by atoms with E-state index >= 15 is 0 Å². The maximum atomic E-state index is 12.8. The summed E-state index contributed by atoms with van der Waals surface area (Å²) in [7, 11) is -1.30. The van der Waals surface area contributed by atoms with Crippen molar-refractivity contribution < 1.29 is 28.9 Å². The van der Waals surface area contributed by atoms with Crippen LogP contribution in [0, 0.1) is 17.9 Å². The molecule has 1 radical (unpaired) electrons. The van der Waals surface area contributed by atoms with E-state index in [2.05, 4.69) is 142 Å². The molecule has 0 atom stereocenters. The second-order valence-corrected chi connectivity index (χ2v) is 19.0. The van der Waals surface area contributed by atoms with Gasteiger partial charge in [-0.1, -0.05) is 123 Å². The molecular weight excluding hydrogens is 812 g/mol. The molecule has 0 aliphatic carbocycles. The van der Waals surface area contributed by atoms with Crippen LogP contribution in [0.1, 0.15) is 25.0 Å². The second-order valence-electron chi connectivity index (χ2n) is 13.9. The number of pyridine rings is 2. The smallest absolute Gasteiger partial charge is 0.121 e. The minimum absolute atomic E-state index is 0. The molecule has 0 spiro atoms. The third-order valence-corrected chi connectivity index (χ3v) is 11.3. The normalized spacial score (nSPS) is 11.6. The molecule has 0 saturated carbocycles. The SMILES string of the molecule is CC(C)(c1ccccc1)c1ccnc(-c2[c-]ccc3c2oc2ccc4ccccc4c23)c1.C[Si](C)(C)c1ccc(-c2[c-]cc(F)cc2)nc1.[Ir]. The molecule has 8 aromatic rings. The van der Waals surface area contributed by atoms with Crippen LogP contribution in [0.25, 0.3) is 55.2 Å². The summed E-state index contributed by atoms with van der Waals surface area (Å²) in [6, 6.07) is 46.4. The number of rotatable bonds is 5. The Morgan fingerprint density at radius 2 is 1.50 bits per heavy atom. The predicted octanol–water partition coefficient (Wildman–Crippen LogP) is 11.2. The summed E-state index contributed by atoms with van der Waals surface area (Å²) >= 11 is 0. The van der Waals surface area contributed by atoms with Crippen LogP contribution in [0.5, 0.6) is 0 Å². The van der Waals surface area contributed by atoms with Gasteiger partial charge in [0.05, 0.1) is 13.7 Å². The average molecular weight is 849 g/mol. The van der Waals surface area contributed by atoms with Gasteiger partial charge in [0.25, 0.3) is 0 Å². The molecule has 0 saturated heterocycles. The number of nitrogens with zero attached hydrogens (tertiary/aromatic N) is 2. The average Bonchev–Trinajstić information content (AvgIpc) is 3.52. The van der Waals surface area contributed by atoms with Crippen molar-refractivity contribution in [3.05, 3.63) is 163 Å². The van der Waals surface area contributed by atoms with Crippen LogP contribution in [-0.2, 0) is 25.5 Å². The van der Waals surface area contributed by atoms with Crippen molar-refractivity contribution in [1.82, 2.24) is 9.97 Å². The molecule has 0 bridgehead atoms. The van der Waals surface area contributed by atoms with Crippen molar-refractivity contribution in [3.8, 4) is 22.5 Å². The fourth-order valence-electron chi connectivity index (χ4n) is 6.24. The van der Waals surface area contributed by atoms with Crippen molar-refractivity contribution >= 4 is 46.0 Å². The van der Waals surface area contributed by atoms with Crippen molar-refractivity contribution in [2.45, 2.75) is 38.9 Å². The van der Waals surface area contributed by atoms with Gasteiger partial charge >= 0.3 is 0 Å². The van der Waals surface area contributed by atoms with Crippen LogP contribution in [0.3, 0.4) is 0 Å². The number of aromatic nitrogens is 2. The zero-order valence-electron chi connectivity index (χ0n) is 28.7. The molecule has 50 heavy (non-hydrogen) atoms. The Balaban J connectivity index is 0.000000204. The molecule has 6 heteroatoms. The van der Waals surface area contributed by atoms with E-state index < -0.39 is 8.07 Å². The van der Waals surface area contributed by atoms with Crippen LogP contribution in [0.4, 0.5) is 4.39 Å².